The highest BCUT2D eigenvalue weighted by atomic mass is 35.5. The van der Waals surface area contributed by atoms with Crippen LogP contribution in [0.5, 0.6) is 5.75 Å². The Bertz CT molecular complexity index is 1870. The van der Waals surface area contributed by atoms with Crippen LogP contribution in [0.1, 0.15) is 86.3 Å². The van der Waals surface area contributed by atoms with Crippen LogP contribution in [0.4, 0.5) is 14.4 Å². The van der Waals surface area contributed by atoms with Gasteiger partial charge in [0.25, 0.3) is 0 Å². The molecule has 7 N–H and O–H groups in total. The summed E-state index contributed by atoms with van der Waals surface area (Å²) in [6, 6.07) is 5.00. The largest absolute Gasteiger partial charge is 0.508 e. The zero-order valence-electron chi connectivity index (χ0n) is 36.1. The first-order chi connectivity index (χ1) is 27.7. The van der Waals surface area contributed by atoms with E-state index in [1.54, 1.807) is 92.6 Å². The van der Waals surface area contributed by atoms with Crippen LogP contribution in [0.25, 0.3) is 11.1 Å². The second-order valence-electron chi connectivity index (χ2n) is 17.6. The average molecular weight is 861 g/mol. The normalized spacial score (nSPS) is 18.1. The van der Waals surface area contributed by atoms with Gasteiger partial charge in [0.2, 0.25) is 17.7 Å². The summed E-state index contributed by atoms with van der Waals surface area (Å²) >= 11 is 6.72. The van der Waals surface area contributed by atoms with E-state index < -0.39 is 83.6 Å². The number of rotatable bonds is 10. The molecule has 1 aliphatic heterocycles. The Balaban J connectivity index is 2.10. The summed E-state index contributed by atoms with van der Waals surface area (Å²) in [6.45, 7) is 14.4. The van der Waals surface area contributed by atoms with E-state index in [0.717, 1.165) is 0 Å². The van der Waals surface area contributed by atoms with Gasteiger partial charge in [-0.2, -0.15) is 0 Å². The fourth-order valence-electron chi connectivity index (χ4n) is 6.05. The lowest BCUT2D eigenvalue weighted by Gasteiger charge is -2.32. The topological polar surface area (TPSA) is 234 Å². The third-order valence-corrected chi connectivity index (χ3v) is 9.21. The summed E-state index contributed by atoms with van der Waals surface area (Å²) in [5, 5.41) is 34.5. The zero-order valence-corrected chi connectivity index (χ0v) is 36.9. The van der Waals surface area contributed by atoms with Crippen LogP contribution in [0, 0.1) is 0 Å². The van der Waals surface area contributed by atoms with Gasteiger partial charge in [-0.05, 0) is 122 Å². The third-order valence-electron chi connectivity index (χ3n) is 8.84. The highest BCUT2D eigenvalue weighted by molar-refractivity contribution is 6.31. The zero-order chi connectivity index (χ0) is 45.2. The van der Waals surface area contributed by atoms with E-state index in [-0.39, 0.29) is 44.5 Å². The fourth-order valence-corrected chi connectivity index (χ4v) is 6.24. The van der Waals surface area contributed by atoms with Crippen LogP contribution in [0.15, 0.2) is 36.4 Å². The maximum atomic E-state index is 14.6. The van der Waals surface area contributed by atoms with Crippen LogP contribution in [0.3, 0.4) is 0 Å². The number of aromatic hydroxyl groups is 1. The predicted octanol–water partition coefficient (Wildman–Crippen LogP) is 4.32. The van der Waals surface area contributed by atoms with Crippen LogP contribution >= 0.6 is 11.6 Å². The van der Waals surface area contributed by atoms with Crippen molar-refractivity contribution in [2.75, 3.05) is 26.7 Å². The van der Waals surface area contributed by atoms with E-state index in [2.05, 4.69) is 26.6 Å². The standard InChI is InChI=1S/C42H61ClN6O11/c1-40(2,3)58-37(55)44-17-11-12-30-36(54)49(10)32(35(53)45-22-28(23-50)46-38(56)59-41(4,5)6)21-26-18-24(13-15-29(26)43)25-14-16-33(51)27(19-25)20-31(34(52)47-30)48-39(57)60-42(7,8)9/h13-16,18-19,28,30-32,50-51H,11-12,17,20-23H2,1-10H3,(H,44,55)(H,45,53)(H,46,56)(H,47,52)(H,48,57)/t28-,30-,31-,32-/m0/s1. The SMILES string of the molecule is CN1C(=O)[C@H](CCCNC(=O)OC(C)(C)C)NC(=O)[C@@H](NC(=O)OC(C)(C)C)Cc2cc(ccc2O)-c2ccc(Cl)c(c2)C[C@H]1C(=O)NC[C@@H](CO)NC(=O)OC(C)(C)C. The summed E-state index contributed by atoms with van der Waals surface area (Å²) in [6.07, 6.45) is -2.61. The molecule has 0 saturated carbocycles. The van der Waals surface area contributed by atoms with Gasteiger partial charge in [-0.15, -0.1) is 0 Å². The van der Waals surface area contributed by atoms with E-state index in [9.17, 15) is 39.0 Å². The van der Waals surface area contributed by atoms with Gasteiger partial charge in [-0.3, -0.25) is 14.4 Å². The number of hydrogen-bond acceptors (Lipinski definition) is 11. The number of amides is 6. The number of halogens is 1. The maximum Gasteiger partial charge on any atom is 0.408 e. The van der Waals surface area contributed by atoms with Crippen molar-refractivity contribution in [3.63, 3.8) is 0 Å². The smallest absolute Gasteiger partial charge is 0.408 e. The molecule has 0 radical (unpaired) electrons. The van der Waals surface area contributed by atoms with Crippen LogP contribution in [-0.4, -0.2) is 119 Å². The molecular weight excluding hydrogens is 800 g/mol. The lowest BCUT2D eigenvalue weighted by molar-refractivity contribution is -0.142. The lowest BCUT2D eigenvalue weighted by Crippen LogP contribution is -2.58. The first kappa shape index (κ1) is 49.1. The van der Waals surface area contributed by atoms with Crippen molar-refractivity contribution in [3.05, 3.63) is 52.5 Å². The van der Waals surface area contributed by atoms with Gasteiger partial charge in [-0.1, -0.05) is 23.7 Å². The Labute approximate surface area is 356 Å². The number of fused-ring (bicyclic) bond motifs is 5. The number of aliphatic hydroxyl groups is 1. The number of nitrogens with zero attached hydrogens (tertiary/aromatic N) is 1. The van der Waals surface area contributed by atoms with Crippen molar-refractivity contribution in [3.8, 4) is 16.9 Å². The van der Waals surface area contributed by atoms with Crippen LogP contribution < -0.4 is 26.6 Å². The lowest BCUT2D eigenvalue weighted by atomic mass is 9.95. The first-order valence-electron chi connectivity index (χ1n) is 19.8. The van der Waals surface area contributed by atoms with E-state index in [0.29, 0.717) is 27.3 Å². The molecule has 2 aromatic rings. The minimum absolute atomic E-state index is 0.0401. The number of phenolic OH excluding ortho intramolecular Hbond substituents is 1. The Kier molecular flexibility index (Phi) is 17.0. The molecule has 0 fully saturated rings. The molecule has 0 aromatic heterocycles. The van der Waals surface area contributed by atoms with Crippen molar-refractivity contribution in [2.24, 2.45) is 0 Å². The monoisotopic (exact) mass is 860 g/mol. The van der Waals surface area contributed by atoms with Gasteiger partial charge in [-0.25, -0.2) is 14.4 Å². The summed E-state index contributed by atoms with van der Waals surface area (Å²) in [7, 11) is 1.39. The van der Waals surface area contributed by atoms with Crippen LogP contribution in [0.2, 0.25) is 5.02 Å². The van der Waals surface area contributed by atoms with Gasteiger partial charge in [0, 0.05) is 38.0 Å². The molecule has 4 bridgehead atoms. The highest BCUT2D eigenvalue weighted by Gasteiger charge is 2.35. The number of alkyl carbamates (subject to hydrolysis) is 3. The van der Waals surface area contributed by atoms with E-state index in [1.807, 2.05) is 0 Å². The molecule has 0 spiro atoms. The van der Waals surface area contributed by atoms with Crippen LogP contribution in [-0.2, 0) is 41.4 Å². The van der Waals surface area contributed by atoms with Gasteiger partial charge in [0.15, 0.2) is 0 Å². The van der Waals surface area contributed by atoms with Gasteiger partial charge >= 0.3 is 18.3 Å². The molecule has 2 aromatic carbocycles. The first-order valence-corrected chi connectivity index (χ1v) is 20.1. The average Bonchev–Trinajstić information content (AvgIpc) is 3.11. The van der Waals surface area contributed by atoms with Crippen molar-refractivity contribution in [1.29, 1.82) is 0 Å². The van der Waals surface area contributed by atoms with Crippen molar-refractivity contribution >= 4 is 47.6 Å². The number of carbonyl (C=O) groups excluding carboxylic acids is 6. The molecule has 0 aliphatic carbocycles. The highest BCUT2D eigenvalue weighted by Crippen LogP contribution is 2.31. The predicted molar refractivity (Wildman–Crippen MR) is 224 cm³/mol. The summed E-state index contributed by atoms with van der Waals surface area (Å²) < 4.78 is 16.0. The molecule has 332 valence electrons. The number of phenols is 1. The Morgan fingerprint density at radius 2 is 1.40 bits per heavy atom. The Morgan fingerprint density at radius 1 is 0.833 bits per heavy atom. The molecule has 3 rings (SSSR count). The quantitative estimate of drug-likeness (QED) is 0.131. The second-order valence-corrected chi connectivity index (χ2v) is 18.0. The molecular formula is C42H61ClN6O11. The number of benzene rings is 2. The number of carbonyl (C=O) groups is 6. The number of ether oxygens (including phenoxy) is 3. The number of hydrogen-bond donors (Lipinski definition) is 7. The molecule has 4 atom stereocenters. The molecule has 1 aliphatic rings. The second kappa shape index (κ2) is 20.8. The number of likely N-dealkylation sites (N-methyl/N-ethyl adjacent to an activating group) is 1. The molecule has 18 heteroatoms. The van der Waals surface area contributed by atoms with Gasteiger partial charge < -0.3 is 55.9 Å². The van der Waals surface area contributed by atoms with Crippen molar-refractivity contribution in [2.45, 2.75) is 129 Å². The minimum Gasteiger partial charge on any atom is -0.508 e. The van der Waals surface area contributed by atoms with E-state index in [1.165, 1.54) is 18.0 Å². The summed E-state index contributed by atoms with van der Waals surface area (Å²) in [5.41, 5.74) is -0.464. The number of aliphatic hydroxyl groups excluding tert-OH is 1. The summed E-state index contributed by atoms with van der Waals surface area (Å²) in [4.78, 5) is 82.1. The molecule has 0 saturated heterocycles. The van der Waals surface area contributed by atoms with Crippen molar-refractivity contribution in [1.82, 2.24) is 31.5 Å². The fraction of sp³-hybridized carbons (Fsp3) is 0.571. The molecule has 6 amide bonds. The molecule has 60 heavy (non-hydrogen) atoms. The van der Waals surface area contributed by atoms with Gasteiger partial charge in [0.05, 0.1) is 12.6 Å². The maximum absolute atomic E-state index is 14.6. The van der Waals surface area contributed by atoms with E-state index >= 15 is 0 Å². The molecule has 1 heterocycles. The number of nitrogens with one attached hydrogen (secondary N) is 5. The molecule has 0 unspecified atom stereocenters. The third kappa shape index (κ3) is 16.0. The van der Waals surface area contributed by atoms with E-state index in [4.69, 9.17) is 25.8 Å². The molecule has 17 nitrogen and oxygen atoms in total. The summed E-state index contributed by atoms with van der Waals surface area (Å²) in [5.74, 6) is -2.32. The van der Waals surface area contributed by atoms with Crippen molar-refractivity contribution < 1.29 is 53.2 Å². The Hall–Kier alpha value is -5.29. The minimum atomic E-state index is -1.36. The Morgan fingerprint density at radius 3 is 2.00 bits per heavy atom. The van der Waals surface area contributed by atoms with Gasteiger partial charge in [0.1, 0.15) is 40.7 Å².